The zero-order valence-electron chi connectivity index (χ0n) is 28.4. The fourth-order valence-corrected chi connectivity index (χ4v) is 5.53. The molecule has 260 valence electrons. The van der Waals surface area contributed by atoms with E-state index < -0.39 is 0 Å². The Kier molecular flexibility index (Phi) is 12.7. The van der Waals surface area contributed by atoms with Gasteiger partial charge < -0.3 is 21.1 Å². The third-order valence-corrected chi connectivity index (χ3v) is 9.01. The van der Waals surface area contributed by atoms with Crippen LogP contribution in [0.1, 0.15) is 70.4 Å². The first-order valence-electron chi connectivity index (χ1n) is 17.1. The zero-order valence-corrected chi connectivity index (χ0v) is 28.4. The van der Waals surface area contributed by atoms with Crippen molar-refractivity contribution in [3.8, 4) is 0 Å². The summed E-state index contributed by atoms with van der Waals surface area (Å²) in [4.78, 5) is 52.1. The first-order valence-corrected chi connectivity index (χ1v) is 17.1. The van der Waals surface area contributed by atoms with Crippen LogP contribution in [0.25, 0.3) is 0 Å². The van der Waals surface area contributed by atoms with E-state index >= 15 is 0 Å². The van der Waals surface area contributed by atoms with Crippen LogP contribution < -0.4 is 26.2 Å². The quantitative estimate of drug-likeness (QED) is 0.118. The number of ether oxygens (including phenoxy) is 1. The van der Waals surface area contributed by atoms with Crippen molar-refractivity contribution >= 4 is 35.2 Å². The lowest BCUT2D eigenvalue weighted by Gasteiger charge is -2.31. The van der Waals surface area contributed by atoms with E-state index in [1.54, 1.807) is 34.1 Å². The molecule has 4 aromatic rings. The highest BCUT2D eigenvalue weighted by molar-refractivity contribution is 5.97. The number of nitrogens with two attached hydrogens (primary N) is 1. The molecule has 4 amide bonds. The van der Waals surface area contributed by atoms with E-state index in [4.69, 9.17) is 10.5 Å². The maximum atomic E-state index is 12.7. The molecule has 4 N–H and O–H groups in total. The number of nitrogens with zero attached hydrogens (tertiary/aromatic N) is 2. The second-order valence-electron chi connectivity index (χ2n) is 12.5. The molecule has 10 heteroatoms. The highest BCUT2D eigenvalue weighted by Crippen LogP contribution is 2.23. The number of nitrogens with one attached hydrogen (secondary N) is 2. The summed E-state index contributed by atoms with van der Waals surface area (Å²) in [5, 5.41) is 6.18. The predicted octanol–water partition coefficient (Wildman–Crippen LogP) is 6.84. The highest BCUT2D eigenvalue weighted by Gasteiger charge is 2.25. The van der Waals surface area contributed by atoms with Crippen molar-refractivity contribution in [2.24, 2.45) is 5.73 Å². The lowest BCUT2D eigenvalue weighted by atomic mass is 9.93. The van der Waals surface area contributed by atoms with Crippen LogP contribution in [0.5, 0.6) is 0 Å². The van der Waals surface area contributed by atoms with Gasteiger partial charge in [-0.1, -0.05) is 72.8 Å². The topological polar surface area (TPSA) is 134 Å². The van der Waals surface area contributed by atoms with Crippen LogP contribution in [-0.4, -0.2) is 49.6 Å². The van der Waals surface area contributed by atoms with Gasteiger partial charge in [-0.25, -0.2) is 14.4 Å². The molecule has 0 radical (unpaired) electrons. The monoisotopic (exact) mass is 675 g/mol. The molecule has 0 aromatic heterocycles. The number of carbonyl (C=O) groups excluding carboxylic acids is 4. The smallest absolute Gasteiger partial charge is 0.337 e. The first-order chi connectivity index (χ1) is 24.3. The van der Waals surface area contributed by atoms with Crippen LogP contribution in [0.3, 0.4) is 0 Å². The molecule has 0 spiro atoms. The van der Waals surface area contributed by atoms with E-state index in [2.05, 4.69) is 10.6 Å². The summed E-state index contributed by atoms with van der Waals surface area (Å²) in [6.07, 6.45) is 6.52. The minimum Gasteiger partial charge on any atom is -0.465 e. The summed E-state index contributed by atoms with van der Waals surface area (Å²) in [6.45, 7) is 0.878. The van der Waals surface area contributed by atoms with Crippen LogP contribution in [0.2, 0.25) is 0 Å². The molecule has 6 rings (SSSR count). The van der Waals surface area contributed by atoms with E-state index in [9.17, 15) is 19.2 Å². The number of hydrogen-bond acceptors (Lipinski definition) is 6. The molecule has 4 aromatic carbocycles. The van der Waals surface area contributed by atoms with Gasteiger partial charge in [0.2, 0.25) is 0 Å². The fraction of sp³-hybridized carbons (Fsp3) is 0.300. The lowest BCUT2D eigenvalue weighted by molar-refractivity contribution is 0.0600. The molecule has 0 unspecified atom stereocenters. The third-order valence-electron chi connectivity index (χ3n) is 9.01. The SMILES string of the molecule is COC(=O)c1ccc(CN(C(=O)NC2CCC2)c2ccccc2)cc1.NCC(=O)c1ccc(CN(C(=O)NC2CCC2)c2ccccc2)cc1. The van der Waals surface area contributed by atoms with Gasteiger partial charge in [0, 0.05) is 29.0 Å². The molecule has 2 aliphatic carbocycles. The number of Topliss-reactive ketones (excluding diaryl/α,β-unsaturated/α-hetero) is 1. The predicted molar refractivity (Wildman–Crippen MR) is 195 cm³/mol. The number of urea groups is 2. The van der Waals surface area contributed by atoms with Crippen molar-refractivity contribution in [2.45, 2.75) is 63.7 Å². The van der Waals surface area contributed by atoms with Crippen LogP contribution in [0, 0.1) is 0 Å². The highest BCUT2D eigenvalue weighted by atomic mass is 16.5. The van der Waals surface area contributed by atoms with E-state index in [1.807, 2.05) is 84.9 Å². The van der Waals surface area contributed by atoms with Gasteiger partial charge in [0.25, 0.3) is 0 Å². The zero-order chi connectivity index (χ0) is 35.3. The Morgan fingerprint density at radius 1 is 0.620 bits per heavy atom. The summed E-state index contributed by atoms with van der Waals surface area (Å²) < 4.78 is 4.71. The Morgan fingerprint density at radius 2 is 1.02 bits per heavy atom. The Hall–Kier alpha value is -5.48. The summed E-state index contributed by atoms with van der Waals surface area (Å²) in [5.74, 6) is -0.455. The number of esters is 1. The van der Waals surface area contributed by atoms with E-state index in [0.29, 0.717) is 24.2 Å². The van der Waals surface area contributed by atoms with Crippen LogP contribution >= 0.6 is 0 Å². The molecular weight excluding hydrogens is 630 g/mol. The number of anilines is 2. The van der Waals surface area contributed by atoms with Gasteiger partial charge in [-0.15, -0.1) is 0 Å². The Bertz CT molecular complexity index is 1580. The maximum Gasteiger partial charge on any atom is 0.337 e. The van der Waals surface area contributed by atoms with Crippen molar-refractivity contribution in [1.82, 2.24) is 10.6 Å². The number of rotatable bonds is 11. The Morgan fingerprint density at radius 3 is 1.36 bits per heavy atom. The average Bonchev–Trinajstić information content (AvgIpc) is 3.13. The van der Waals surface area contributed by atoms with Gasteiger partial charge in [-0.2, -0.15) is 0 Å². The Balaban J connectivity index is 0.000000194. The van der Waals surface area contributed by atoms with Gasteiger partial charge in [0.1, 0.15) is 0 Å². The number of benzene rings is 4. The number of methoxy groups -OCH3 is 1. The number of ketones is 1. The second-order valence-corrected chi connectivity index (χ2v) is 12.5. The molecule has 10 nitrogen and oxygen atoms in total. The summed E-state index contributed by atoms with van der Waals surface area (Å²) >= 11 is 0. The molecular formula is C40H45N5O5. The molecule has 0 heterocycles. The van der Waals surface area contributed by atoms with Crippen molar-refractivity contribution in [2.75, 3.05) is 23.5 Å². The van der Waals surface area contributed by atoms with Crippen LogP contribution in [0.4, 0.5) is 21.0 Å². The molecule has 2 fully saturated rings. The third kappa shape index (κ3) is 9.79. The molecule has 0 saturated heterocycles. The maximum absolute atomic E-state index is 12.7. The van der Waals surface area contributed by atoms with Crippen molar-refractivity contribution in [3.63, 3.8) is 0 Å². The largest absolute Gasteiger partial charge is 0.465 e. The lowest BCUT2D eigenvalue weighted by Crippen LogP contribution is -2.47. The van der Waals surface area contributed by atoms with Crippen molar-refractivity contribution in [1.29, 1.82) is 0 Å². The molecule has 0 bridgehead atoms. The van der Waals surface area contributed by atoms with Gasteiger partial charge >= 0.3 is 18.0 Å². The molecule has 2 aliphatic rings. The van der Waals surface area contributed by atoms with E-state index in [0.717, 1.165) is 48.2 Å². The van der Waals surface area contributed by atoms with Gasteiger partial charge in [0.15, 0.2) is 5.78 Å². The molecule has 0 atom stereocenters. The number of hydrogen-bond donors (Lipinski definition) is 3. The van der Waals surface area contributed by atoms with Gasteiger partial charge in [-0.3, -0.25) is 14.6 Å². The second kappa shape index (κ2) is 17.8. The minimum absolute atomic E-state index is 0.000713. The number of amides is 4. The molecule has 50 heavy (non-hydrogen) atoms. The summed E-state index contributed by atoms with van der Waals surface area (Å²) in [6, 6.07) is 34.0. The van der Waals surface area contributed by atoms with Crippen LogP contribution in [0.15, 0.2) is 109 Å². The minimum atomic E-state index is -0.366. The van der Waals surface area contributed by atoms with Gasteiger partial charge in [-0.05, 0) is 86.1 Å². The summed E-state index contributed by atoms with van der Waals surface area (Å²) in [5.41, 5.74) is 10.1. The van der Waals surface area contributed by atoms with E-state index in [1.165, 1.54) is 20.0 Å². The number of para-hydroxylation sites is 2. The normalized spacial score (nSPS) is 13.7. The van der Waals surface area contributed by atoms with Crippen molar-refractivity contribution in [3.05, 3.63) is 131 Å². The number of carbonyl (C=O) groups is 4. The molecule has 2 saturated carbocycles. The van der Waals surface area contributed by atoms with Crippen molar-refractivity contribution < 1.29 is 23.9 Å². The van der Waals surface area contributed by atoms with Gasteiger partial charge in [0.05, 0.1) is 32.3 Å². The fourth-order valence-electron chi connectivity index (χ4n) is 5.53. The van der Waals surface area contributed by atoms with E-state index in [-0.39, 0.29) is 42.4 Å². The Labute approximate surface area is 293 Å². The van der Waals surface area contributed by atoms with Crippen LogP contribution in [-0.2, 0) is 17.8 Å². The summed E-state index contributed by atoms with van der Waals surface area (Å²) in [7, 11) is 1.36. The molecule has 0 aliphatic heterocycles. The standard InChI is InChI=1S/C20H23N3O2.C20H22N2O3/c21-13-19(24)16-11-9-15(10-12-16)14-23(18-7-2-1-3-8-18)20(25)22-17-5-4-6-17;1-25-19(23)16-12-10-15(11-13-16)14-22(18-8-3-2-4-9-18)20(24)21-17-6-5-7-17/h1-3,7-12,17H,4-6,13-14,21H2,(H,22,25);2-4,8-13,17H,5-7,14H2,1H3,(H,21,24). The first kappa shape index (κ1) is 35.8. The average molecular weight is 676 g/mol.